The van der Waals surface area contributed by atoms with Crippen LogP contribution in [0.15, 0.2) is 0 Å². The van der Waals surface area contributed by atoms with Crippen LogP contribution in [0.25, 0.3) is 0 Å². The first-order valence-corrected chi connectivity index (χ1v) is 2.15. The van der Waals surface area contributed by atoms with Crippen molar-refractivity contribution in [2.24, 2.45) is 0 Å². The lowest BCUT2D eigenvalue weighted by molar-refractivity contribution is 0.886. The lowest BCUT2D eigenvalue weighted by Crippen LogP contribution is -1.47. The first kappa shape index (κ1) is 1.63. The molecule has 2 atom stereocenters. The minimum Gasteiger partial charge on any atom is -0.0533 e. The maximum Gasteiger partial charge on any atom is 0.0267 e. The monoisotopic (exact) mass is 72.1 g/mol. The van der Waals surface area contributed by atoms with Gasteiger partial charge in [-0.25, -0.2) is 0 Å². The van der Waals surface area contributed by atoms with Crippen molar-refractivity contribution < 1.29 is 2.74 Å². The molecule has 1 aliphatic carbocycles. The number of rotatable bonds is 0. The fourth-order valence-electron chi connectivity index (χ4n) is 0.589. The largest absolute Gasteiger partial charge is 0.0533 e. The molecule has 1 saturated carbocycles. The molecule has 0 amide bonds. The van der Waals surface area contributed by atoms with Crippen LogP contribution in [0.4, 0.5) is 0 Å². The quantitative estimate of drug-likeness (QED) is 0.410. The van der Waals surface area contributed by atoms with Gasteiger partial charge in [-0.3, -0.25) is 0 Å². The summed E-state index contributed by atoms with van der Waals surface area (Å²) in [6, 6.07) is 0. The summed E-state index contributed by atoms with van der Waals surface area (Å²) in [5, 5.41) is 0. The Morgan fingerprint density at radius 3 is 1.80 bits per heavy atom. The molecular formula is C5H10. The summed E-state index contributed by atoms with van der Waals surface area (Å²) >= 11 is 0. The van der Waals surface area contributed by atoms with Crippen LogP contribution in [0.5, 0.6) is 0 Å². The highest BCUT2D eigenvalue weighted by Crippen LogP contribution is 2.15. The molecule has 0 spiro atoms. The first-order valence-electron chi connectivity index (χ1n) is 3.30. The normalized spacial score (nSPS) is 59.2. The van der Waals surface area contributed by atoms with Crippen molar-refractivity contribution in [2.75, 3.05) is 0 Å². The van der Waals surface area contributed by atoms with E-state index in [0.717, 1.165) is 19.3 Å². The molecule has 0 N–H and O–H groups in total. The van der Waals surface area contributed by atoms with E-state index in [9.17, 15) is 0 Å². The first-order chi connectivity index (χ1) is 3.30. The van der Waals surface area contributed by atoms with E-state index >= 15 is 0 Å². The predicted octanol–water partition coefficient (Wildman–Crippen LogP) is 1.95. The molecule has 0 heterocycles. The molecule has 30 valence electrons. The Hall–Kier alpha value is 0. The molecule has 0 saturated heterocycles. The van der Waals surface area contributed by atoms with Crippen molar-refractivity contribution in [3.05, 3.63) is 0 Å². The summed E-state index contributed by atoms with van der Waals surface area (Å²) in [4.78, 5) is 0. The van der Waals surface area contributed by atoms with Gasteiger partial charge in [0, 0.05) is 2.74 Å². The Balaban J connectivity index is 2.33. The predicted molar refractivity (Wildman–Crippen MR) is 23.1 cm³/mol. The molecule has 0 heteroatoms. The van der Waals surface area contributed by atoms with Crippen LogP contribution in [-0.2, 0) is 0 Å². The molecule has 0 bridgehead atoms. The Morgan fingerprint density at radius 1 is 1.00 bits per heavy atom. The Bertz CT molecular complexity index is 55.1. The molecule has 0 radical (unpaired) electrons. The smallest absolute Gasteiger partial charge is 0.0267 e. The third kappa shape index (κ3) is 0.640. The molecule has 0 nitrogen and oxygen atoms in total. The van der Waals surface area contributed by atoms with Crippen LogP contribution < -0.4 is 0 Å². The second-order valence-corrected chi connectivity index (χ2v) is 1.40. The van der Waals surface area contributed by atoms with Crippen LogP contribution in [0.1, 0.15) is 34.8 Å². The van der Waals surface area contributed by atoms with Gasteiger partial charge in [0.05, 0.1) is 0 Å². The second kappa shape index (κ2) is 1.44. The lowest BCUT2D eigenvalue weighted by Gasteiger charge is -1.67. The summed E-state index contributed by atoms with van der Waals surface area (Å²) < 4.78 is 14.3. The van der Waals surface area contributed by atoms with Gasteiger partial charge in [0.25, 0.3) is 0 Å². The van der Waals surface area contributed by atoms with E-state index in [4.69, 9.17) is 2.74 Å². The highest BCUT2D eigenvalue weighted by atomic mass is 14.0. The van der Waals surface area contributed by atoms with Crippen LogP contribution in [-0.4, -0.2) is 0 Å². The minimum atomic E-state index is -0.0694. The summed E-state index contributed by atoms with van der Waals surface area (Å²) in [6.07, 6.45) is 2.87. The van der Waals surface area contributed by atoms with Crippen molar-refractivity contribution in [1.29, 1.82) is 0 Å². The third-order valence-corrected chi connectivity index (χ3v) is 0.908. The fraction of sp³-hybridized carbons (Fsp3) is 1.00. The Kier molecular flexibility index (Phi) is 0.470. The van der Waals surface area contributed by atoms with Crippen molar-refractivity contribution in [2.45, 2.75) is 32.1 Å². The Morgan fingerprint density at radius 2 is 1.60 bits per heavy atom. The average molecular weight is 72.1 g/mol. The Labute approximate surface area is 36.0 Å². The zero-order valence-electron chi connectivity index (χ0n) is 5.28. The molecule has 1 aliphatic rings. The van der Waals surface area contributed by atoms with Gasteiger partial charge in [0.2, 0.25) is 0 Å². The lowest BCUT2D eigenvalue weighted by atomic mass is 10.4. The van der Waals surface area contributed by atoms with Crippen LogP contribution >= 0.6 is 0 Å². The third-order valence-electron chi connectivity index (χ3n) is 0.908. The summed E-state index contributed by atoms with van der Waals surface area (Å²) in [6.45, 7) is 0. The average Bonchev–Trinajstić information content (AvgIpc) is 1.91. The van der Waals surface area contributed by atoms with Gasteiger partial charge in [-0.05, 0) is 0 Å². The minimum absolute atomic E-state index is 0.0694. The molecule has 0 aromatic heterocycles. The van der Waals surface area contributed by atoms with Crippen molar-refractivity contribution in [1.82, 2.24) is 0 Å². The van der Waals surface area contributed by atoms with Crippen LogP contribution in [0.3, 0.4) is 0 Å². The highest BCUT2D eigenvalue weighted by molar-refractivity contribution is 4.51. The molecule has 0 aromatic rings. The van der Waals surface area contributed by atoms with E-state index in [1.165, 1.54) is 0 Å². The fourth-order valence-corrected chi connectivity index (χ4v) is 0.589. The second-order valence-electron chi connectivity index (χ2n) is 1.40. The highest BCUT2D eigenvalue weighted by Gasteiger charge is 1.95. The number of hydrogen-bond acceptors (Lipinski definition) is 0. The van der Waals surface area contributed by atoms with Crippen LogP contribution in [0.2, 0.25) is 0 Å². The van der Waals surface area contributed by atoms with Crippen molar-refractivity contribution in [3.8, 4) is 0 Å². The van der Waals surface area contributed by atoms with Crippen molar-refractivity contribution >= 4 is 0 Å². The topological polar surface area (TPSA) is 0 Å². The van der Waals surface area contributed by atoms with E-state index < -0.39 is 0 Å². The number of hydrogen-bond donors (Lipinski definition) is 0. The zero-order chi connectivity index (χ0) is 5.28. The summed E-state index contributed by atoms with van der Waals surface area (Å²) in [7, 11) is 0. The van der Waals surface area contributed by atoms with Gasteiger partial charge < -0.3 is 0 Å². The van der Waals surface area contributed by atoms with Gasteiger partial charge in [0.15, 0.2) is 0 Å². The molecule has 0 aliphatic heterocycles. The van der Waals surface area contributed by atoms with E-state index in [0.29, 0.717) is 0 Å². The van der Waals surface area contributed by atoms with E-state index in [-0.39, 0.29) is 12.8 Å². The van der Waals surface area contributed by atoms with Crippen LogP contribution in [0, 0.1) is 0 Å². The van der Waals surface area contributed by atoms with Gasteiger partial charge in [-0.15, -0.1) is 0 Å². The standard InChI is InChI=1S/C5H10/c1-2-4-5-3-1/h1-5H2/i1D,2D. The molecule has 0 aromatic carbocycles. The summed E-state index contributed by atoms with van der Waals surface area (Å²) in [5.74, 6) is 0. The molecule has 1 rings (SSSR count). The molecule has 5 heavy (non-hydrogen) atoms. The maximum atomic E-state index is 7.15. The van der Waals surface area contributed by atoms with Gasteiger partial charge in [-0.2, -0.15) is 0 Å². The maximum absolute atomic E-state index is 7.15. The molecular weight excluding hydrogens is 60.1 g/mol. The van der Waals surface area contributed by atoms with E-state index in [1.54, 1.807) is 0 Å². The summed E-state index contributed by atoms with van der Waals surface area (Å²) in [5.41, 5.74) is 0. The van der Waals surface area contributed by atoms with Gasteiger partial charge in [0.1, 0.15) is 0 Å². The van der Waals surface area contributed by atoms with Gasteiger partial charge in [-0.1, -0.05) is 32.1 Å². The SMILES string of the molecule is [2H]C1CCCC1[2H]. The zero-order valence-corrected chi connectivity index (χ0v) is 3.28. The van der Waals surface area contributed by atoms with E-state index in [1.807, 2.05) is 0 Å². The molecule has 1 fully saturated rings. The van der Waals surface area contributed by atoms with E-state index in [2.05, 4.69) is 0 Å². The molecule has 2 unspecified atom stereocenters. The van der Waals surface area contributed by atoms with Gasteiger partial charge >= 0.3 is 0 Å². The van der Waals surface area contributed by atoms with Crippen molar-refractivity contribution in [3.63, 3.8) is 0 Å².